The van der Waals surface area contributed by atoms with Gasteiger partial charge in [0.2, 0.25) is 0 Å². The molecule has 86 valence electrons. The second-order valence-electron chi connectivity index (χ2n) is 3.51. The van der Waals surface area contributed by atoms with Crippen molar-refractivity contribution in [3.05, 3.63) is 48.6 Å². The lowest BCUT2D eigenvalue weighted by Crippen LogP contribution is -2.32. The number of rotatable bonds is 6. The average Bonchev–Trinajstić information content (AvgIpc) is 2.80. The third-order valence-electron chi connectivity index (χ3n) is 2.34. The number of nitrogens with one attached hydrogen (secondary N) is 1. The van der Waals surface area contributed by atoms with Crippen LogP contribution in [-0.4, -0.2) is 24.6 Å². The first-order valence-electron chi connectivity index (χ1n) is 5.41. The Labute approximate surface area is 97.5 Å². The molecule has 0 bridgehead atoms. The summed E-state index contributed by atoms with van der Waals surface area (Å²) in [5, 5.41) is 1.97. The van der Waals surface area contributed by atoms with Gasteiger partial charge in [0.15, 0.2) is 0 Å². The van der Waals surface area contributed by atoms with Crippen molar-refractivity contribution in [3.63, 3.8) is 0 Å². The Bertz CT molecular complexity index is 337. The number of nitrogens with zero attached hydrogens (tertiary/aromatic N) is 2. The molecule has 1 aliphatic heterocycles. The minimum absolute atomic E-state index is 0.676. The maximum atomic E-state index is 4.07. The van der Waals surface area contributed by atoms with Crippen LogP contribution in [0.5, 0.6) is 0 Å². The first-order valence-corrected chi connectivity index (χ1v) is 5.41. The van der Waals surface area contributed by atoms with Crippen molar-refractivity contribution in [2.45, 2.75) is 13.3 Å². The normalized spacial score (nSPS) is 16.1. The summed E-state index contributed by atoms with van der Waals surface area (Å²) in [6, 6.07) is 0. The van der Waals surface area contributed by atoms with Crippen LogP contribution in [0.15, 0.2) is 53.6 Å². The molecule has 0 atom stereocenters. The van der Waals surface area contributed by atoms with Gasteiger partial charge in [0, 0.05) is 6.54 Å². The number of hydrazine groups is 1. The summed E-state index contributed by atoms with van der Waals surface area (Å²) >= 11 is 0. The summed E-state index contributed by atoms with van der Waals surface area (Å²) in [4.78, 5) is 4.07. The minimum atomic E-state index is 0.676. The Morgan fingerprint density at radius 3 is 3.00 bits per heavy atom. The zero-order valence-corrected chi connectivity index (χ0v) is 9.82. The maximum Gasteiger partial charge on any atom is 0.107 e. The summed E-state index contributed by atoms with van der Waals surface area (Å²) in [5.41, 5.74) is 5.31. The Kier molecular flexibility index (Phi) is 5.29. The average molecular weight is 217 g/mol. The van der Waals surface area contributed by atoms with Crippen LogP contribution in [-0.2, 0) is 0 Å². The van der Waals surface area contributed by atoms with E-state index in [9.17, 15) is 0 Å². The molecule has 0 amide bonds. The molecule has 0 unspecified atom stereocenters. The smallest absolute Gasteiger partial charge is 0.107 e. The van der Waals surface area contributed by atoms with Gasteiger partial charge < -0.3 is 0 Å². The van der Waals surface area contributed by atoms with Crippen LogP contribution in [0.1, 0.15) is 13.3 Å². The van der Waals surface area contributed by atoms with Gasteiger partial charge in [-0.15, -0.1) is 0 Å². The minimum Gasteiger partial charge on any atom is -0.297 e. The highest BCUT2D eigenvalue weighted by atomic mass is 15.6. The summed E-state index contributed by atoms with van der Waals surface area (Å²) in [7, 11) is 0. The van der Waals surface area contributed by atoms with Crippen molar-refractivity contribution in [3.8, 4) is 0 Å². The zero-order chi connectivity index (χ0) is 11.8. The Morgan fingerprint density at radius 1 is 1.62 bits per heavy atom. The van der Waals surface area contributed by atoms with E-state index in [1.54, 1.807) is 0 Å². The van der Waals surface area contributed by atoms with E-state index in [0.717, 1.165) is 24.1 Å². The van der Waals surface area contributed by atoms with Crippen molar-refractivity contribution in [1.82, 2.24) is 10.4 Å². The SMILES string of the molecule is C=C/C(=C\C=C/C)C(=C)CCN1C=NCN1. The molecule has 3 heteroatoms. The molecule has 0 spiro atoms. The fourth-order valence-electron chi connectivity index (χ4n) is 1.38. The molecule has 0 aliphatic carbocycles. The monoisotopic (exact) mass is 217 g/mol. The molecular weight excluding hydrogens is 198 g/mol. The van der Waals surface area contributed by atoms with E-state index in [0.29, 0.717) is 6.67 Å². The van der Waals surface area contributed by atoms with Crippen LogP contribution in [0.3, 0.4) is 0 Å². The van der Waals surface area contributed by atoms with Crippen LogP contribution < -0.4 is 5.43 Å². The fraction of sp³-hybridized carbons (Fsp3) is 0.308. The molecule has 1 heterocycles. The highest BCUT2D eigenvalue weighted by molar-refractivity contribution is 5.55. The topological polar surface area (TPSA) is 27.6 Å². The van der Waals surface area contributed by atoms with E-state index in [1.807, 2.05) is 42.6 Å². The molecule has 0 saturated carbocycles. The number of hydrogen-bond acceptors (Lipinski definition) is 3. The molecule has 1 rings (SSSR count). The van der Waals surface area contributed by atoms with Crippen molar-refractivity contribution < 1.29 is 0 Å². The van der Waals surface area contributed by atoms with Gasteiger partial charge in [0.1, 0.15) is 13.0 Å². The molecule has 16 heavy (non-hydrogen) atoms. The van der Waals surface area contributed by atoms with E-state index >= 15 is 0 Å². The molecule has 0 radical (unpaired) electrons. The molecular formula is C13H19N3. The molecule has 0 fully saturated rings. The van der Waals surface area contributed by atoms with Gasteiger partial charge in [-0.2, -0.15) is 0 Å². The van der Waals surface area contributed by atoms with Crippen LogP contribution in [0.25, 0.3) is 0 Å². The molecule has 1 N–H and O–H groups in total. The molecule has 0 aromatic heterocycles. The van der Waals surface area contributed by atoms with Gasteiger partial charge in [0.25, 0.3) is 0 Å². The quantitative estimate of drug-likeness (QED) is 0.692. The second-order valence-corrected chi connectivity index (χ2v) is 3.51. The molecule has 3 nitrogen and oxygen atoms in total. The first kappa shape index (κ1) is 12.5. The molecule has 0 aromatic rings. The Morgan fingerprint density at radius 2 is 2.44 bits per heavy atom. The van der Waals surface area contributed by atoms with Gasteiger partial charge in [-0.05, 0) is 24.5 Å². The summed E-state index contributed by atoms with van der Waals surface area (Å²) in [6.45, 7) is 11.4. The summed E-state index contributed by atoms with van der Waals surface area (Å²) < 4.78 is 0. The van der Waals surface area contributed by atoms with Crippen molar-refractivity contribution in [1.29, 1.82) is 0 Å². The van der Waals surface area contributed by atoms with Gasteiger partial charge >= 0.3 is 0 Å². The van der Waals surface area contributed by atoms with Crippen molar-refractivity contribution in [2.75, 3.05) is 13.2 Å². The maximum absolute atomic E-state index is 4.07. The molecule has 0 aromatic carbocycles. The Balaban J connectivity index is 2.43. The van der Waals surface area contributed by atoms with Gasteiger partial charge in [-0.25, -0.2) is 5.43 Å². The lowest BCUT2D eigenvalue weighted by Gasteiger charge is -2.15. The van der Waals surface area contributed by atoms with Crippen LogP contribution >= 0.6 is 0 Å². The largest absolute Gasteiger partial charge is 0.297 e. The van der Waals surface area contributed by atoms with Gasteiger partial charge in [-0.1, -0.05) is 37.5 Å². The number of aliphatic imine (C=N–C) groups is 1. The molecule has 1 aliphatic rings. The lowest BCUT2D eigenvalue weighted by atomic mass is 10.0. The molecule has 0 saturated heterocycles. The lowest BCUT2D eigenvalue weighted by molar-refractivity contribution is 0.353. The fourth-order valence-corrected chi connectivity index (χ4v) is 1.38. The third kappa shape index (κ3) is 3.87. The standard InChI is InChI=1S/C13H19N3/c1-4-6-7-13(5-2)12(3)8-9-16-11-14-10-15-16/h4-7,11,15H,2-3,8-10H2,1H3/b6-4-,13-7+. The van der Waals surface area contributed by atoms with E-state index in [2.05, 4.69) is 23.6 Å². The summed E-state index contributed by atoms with van der Waals surface area (Å²) in [6.07, 6.45) is 10.6. The van der Waals surface area contributed by atoms with E-state index in [4.69, 9.17) is 0 Å². The van der Waals surface area contributed by atoms with Crippen LogP contribution in [0.2, 0.25) is 0 Å². The second kappa shape index (κ2) is 6.80. The predicted molar refractivity (Wildman–Crippen MR) is 70.1 cm³/mol. The van der Waals surface area contributed by atoms with Gasteiger partial charge in [0.05, 0.1) is 0 Å². The Hall–Kier alpha value is -1.61. The predicted octanol–water partition coefficient (Wildman–Crippen LogP) is 2.43. The van der Waals surface area contributed by atoms with Crippen molar-refractivity contribution >= 4 is 6.34 Å². The number of allylic oxidation sites excluding steroid dienone is 5. The van der Waals surface area contributed by atoms with E-state index < -0.39 is 0 Å². The zero-order valence-electron chi connectivity index (χ0n) is 9.82. The number of hydrogen-bond donors (Lipinski definition) is 1. The first-order chi connectivity index (χ1) is 7.77. The van der Waals surface area contributed by atoms with Crippen LogP contribution in [0.4, 0.5) is 0 Å². The van der Waals surface area contributed by atoms with Gasteiger partial charge in [-0.3, -0.25) is 10.0 Å². The summed E-state index contributed by atoms with van der Waals surface area (Å²) in [5.74, 6) is 0. The third-order valence-corrected chi connectivity index (χ3v) is 2.34. The van der Waals surface area contributed by atoms with Crippen molar-refractivity contribution in [2.24, 2.45) is 4.99 Å². The highest BCUT2D eigenvalue weighted by Crippen LogP contribution is 2.13. The van der Waals surface area contributed by atoms with E-state index in [-0.39, 0.29) is 0 Å². The highest BCUT2D eigenvalue weighted by Gasteiger charge is 2.05. The van der Waals surface area contributed by atoms with Crippen LogP contribution in [0, 0.1) is 0 Å². The van der Waals surface area contributed by atoms with E-state index in [1.165, 1.54) is 0 Å².